The molecule has 0 radical (unpaired) electrons. The van der Waals surface area contributed by atoms with Crippen LogP contribution in [0.5, 0.6) is 11.5 Å². The minimum atomic E-state index is -0.335. The summed E-state index contributed by atoms with van der Waals surface area (Å²) < 4.78 is 20.1. The number of para-hydroxylation sites is 2. The van der Waals surface area contributed by atoms with Gasteiger partial charge in [0, 0.05) is 12.1 Å². The number of nitrogens with two attached hydrogens (primary N) is 1. The molecule has 0 spiro atoms. The Balaban J connectivity index is 0.000000192. The van der Waals surface area contributed by atoms with E-state index in [-0.39, 0.29) is 20.8 Å². The minimum absolute atomic E-state index is 0.156. The second kappa shape index (κ2) is 18.0. The van der Waals surface area contributed by atoms with Crippen LogP contribution in [0.1, 0.15) is 25.0 Å². The van der Waals surface area contributed by atoms with E-state index in [1.54, 1.807) is 0 Å². The van der Waals surface area contributed by atoms with Gasteiger partial charge in [0.2, 0.25) is 0 Å². The fourth-order valence-electron chi connectivity index (χ4n) is 3.22. The van der Waals surface area contributed by atoms with Crippen molar-refractivity contribution in [1.29, 1.82) is 0 Å². The van der Waals surface area contributed by atoms with E-state index >= 15 is 0 Å². The summed E-state index contributed by atoms with van der Waals surface area (Å²) in [5, 5.41) is 0. The molecule has 0 unspecified atom stereocenters. The average molecular weight is 503 g/mol. The summed E-state index contributed by atoms with van der Waals surface area (Å²) in [5.41, 5.74) is 10.8. The van der Waals surface area contributed by atoms with Crippen LogP contribution in [0, 0.1) is 0 Å². The van der Waals surface area contributed by atoms with Crippen molar-refractivity contribution in [2.45, 2.75) is 38.8 Å². The first-order valence-corrected chi connectivity index (χ1v) is 12.7. The maximum absolute atomic E-state index is 9.97. The number of hydrogen-bond donors (Lipinski definition) is 2. The second-order valence-electron chi connectivity index (χ2n) is 8.27. The van der Waals surface area contributed by atoms with Crippen molar-refractivity contribution >= 4 is 8.69 Å². The maximum atomic E-state index is 9.97. The first-order valence-electron chi connectivity index (χ1n) is 11.9. The zero-order chi connectivity index (χ0) is 25.8. The van der Waals surface area contributed by atoms with Gasteiger partial charge in [-0.05, 0) is 62.1 Å². The molecule has 4 aromatic rings. The lowest BCUT2D eigenvalue weighted by Gasteiger charge is -2.09. The molecule has 4 aromatic carbocycles. The quantitative estimate of drug-likeness (QED) is 0.184. The van der Waals surface area contributed by atoms with Crippen LogP contribution >= 0.6 is 8.69 Å². The molecule has 0 amide bonds. The lowest BCUT2D eigenvalue weighted by atomic mass is 10.1. The van der Waals surface area contributed by atoms with Gasteiger partial charge in [0.15, 0.2) is 0 Å². The van der Waals surface area contributed by atoms with Gasteiger partial charge in [-0.1, -0.05) is 97.1 Å². The van der Waals surface area contributed by atoms with Crippen molar-refractivity contribution in [3.8, 4) is 11.5 Å². The standard InChI is InChI=1S/C12H10O.C9H12NO2P.C9H13N/c1-3-7-11(8-4-1)13-12-9-5-2-6-10-12;1-8(10-12-13-11)7-9-5-3-2-4-6-9;1-8(10)7-9-5-3-2-4-6-9/h1-10H;2-6,8,10H,7H2,1H3;2-6,8H,7,10H2,1H3/t;2*8-/m.11/s1. The van der Waals surface area contributed by atoms with Gasteiger partial charge in [-0.25, -0.2) is 9.19 Å². The molecule has 0 aromatic heterocycles. The summed E-state index contributed by atoms with van der Waals surface area (Å²) in [6.07, 6.45) is 1.83. The summed E-state index contributed by atoms with van der Waals surface area (Å²) in [6.45, 7) is 3.99. The number of rotatable bonds is 9. The molecule has 0 saturated heterocycles. The molecule has 0 saturated carbocycles. The van der Waals surface area contributed by atoms with Crippen molar-refractivity contribution < 1.29 is 13.9 Å². The van der Waals surface area contributed by atoms with Crippen LogP contribution in [0.3, 0.4) is 0 Å². The van der Waals surface area contributed by atoms with Gasteiger partial charge in [-0.2, -0.15) is 5.48 Å². The summed E-state index contributed by atoms with van der Waals surface area (Å²) in [6, 6.07) is 40.3. The fraction of sp³-hybridized carbons (Fsp3) is 0.200. The first-order chi connectivity index (χ1) is 17.6. The van der Waals surface area contributed by atoms with E-state index in [0.29, 0.717) is 0 Å². The van der Waals surface area contributed by atoms with Gasteiger partial charge in [0.05, 0.1) is 0 Å². The first kappa shape index (κ1) is 28.9. The molecule has 2 atom stereocenters. The summed E-state index contributed by atoms with van der Waals surface area (Å²) >= 11 is 0. The Hall–Kier alpha value is -3.34. The molecule has 0 fully saturated rings. The Labute approximate surface area is 216 Å². The lowest BCUT2D eigenvalue weighted by Crippen LogP contribution is -2.25. The van der Waals surface area contributed by atoms with Crippen LogP contribution < -0.4 is 16.0 Å². The Morgan fingerprint density at radius 3 is 1.44 bits per heavy atom. The third-order valence-electron chi connectivity index (χ3n) is 4.80. The molecule has 0 heterocycles. The van der Waals surface area contributed by atoms with Gasteiger partial charge in [0.1, 0.15) is 11.5 Å². The Bertz CT molecular complexity index is 1030. The van der Waals surface area contributed by atoms with Gasteiger partial charge in [0.25, 0.3) is 0 Å². The van der Waals surface area contributed by atoms with Gasteiger partial charge >= 0.3 is 8.69 Å². The lowest BCUT2D eigenvalue weighted by molar-refractivity contribution is 0.182. The van der Waals surface area contributed by atoms with E-state index in [1.165, 1.54) is 11.1 Å². The van der Waals surface area contributed by atoms with Crippen LogP contribution in [0.4, 0.5) is 0 Å². The highest BCUT2D eigenvalue weighted by Crippen LogP contribution is 2.19. The molecule has 0 aliphatic carbocycles. The number of hydrogen-bond acceptors (Lipinski definition) is 5. The molecule has 5 nitrogen and oxygen atoms in total. The van der Waals surface area contributed by atoms with Crippen molar-refractivity contribution in [2.24, 2.45) is 5.73 Å². The number of ether oxygens (including phenoxy) is 1. The van der Waals surface area contributed by atoms with Crippen LogP contribution in [-0.2, 0) is 22.0 Å². The highest BCUT2D eigenvalue weighted by molar-refractivity contribution is 7.17. The molecule has 188 valence electrons. The monoisotopic (exact) mass is 502 g/mol. The largest absolute Gasteiger partial charge is 0.457 e. The maximum Gasteiger partial charge on any atom is 0.346 e. The normalized spacial score (nSPS) is 11.8. The van der Waals surface area contributed by atoms with E-state index in [2.05, 4.69) is 22.2 Å². The van der Waals surface area contributed by atoms with E-state index in [4.69, 9.17) is 10.5 Å². The number of nitrogens with one attached hydrogen (secondary N) is 1. The third kappa shape index (κ3) is 13.5. The van der Waals surface area contributed by atoms with Crippen molar-refractivity contribution in [3.63, 3.8) is 0 Å². The smallest absolute Gasteiger partial charge is 0.346 e. The minimum Gasteiger partial charge on any atom is -0.457 e. The van der Waals surface area contributed by atoms with Gasteiger partial charge < -0.3 is 10.5 Å². The van der Waals surface area contributed by atoms with E-state index in [9.17, 15) is 4.57 Å². The van der Waals surface area contributed by atoms with E-state index < -0.39 is 0 Å². The molecule has 0 bridgehead atoms. The molecule has 0 aliphatic heterocycles. The topological polar surface area (TPSA) is 73.6 Å². The van der Waals surface area contributed by atoms with Gasteiger partial charge in [-0.3, -0.25) is 0 Å². The van der Waals surface area contributed by atoms with Crippen molar-refractivity contribution in [1.82, 2.24) is 5.48 Å². The number of benzene rings is 4. The molecule has 0 aliphatic rings. The Morgan fingerprint density at radius 1 is 0.667 bits per heavy atom. The van der Waals surface area contributed by atoms with E-state index in [0.717, 1.165) is 24.3 Å². The highest BCUT2D eigenvalue weighted by atomic mass is 31.1. The SMILES string of the molecule is C[C@@H](N)Cc1ccccc1.C[C@H](Cc1ccccc1)NOP=O.c1ccc(Oc2ccccc2)cc1. The average Bonchev–Trinajstić information content (AvgIpc) is 2.90. The van der Waals surface area contributed by atoms with Gasteiger partial charge in [-0.15, -0.1) is 0 Å². The third-order valence-corrected chi connectivity index (χ3v) is 4.98. The fourth-order valence-corrected chi connectivity index (χ4v) is 3.44. The zero-order valence-electron chi connectivity index (χ0n) is 20.9. The number of hydroxylamine groups is 1. The highest BCUT2D eigenvalue weighted by Gasteiger charge is 2.02. The Kier molecular flexibility index (Phi) is 14.4. The van der Waals surface area contributed by atoms with Crippen molar-refractivity contribution in [3.05, 3.63) is 132 Å². The molecular weight excluding hydrogens is 467 g/mol. The van der Waals surface area contributed by atoms with Crippen LogP contribution in [0.15, 0.2) is 121 Å². The predicted octanol–water partition coefficient (Wildman–Crippen LogP) is 7.40. The molecular formula is C30H35N2O3P. The second-order valence-corrected chi connectivity index (χ2v) is 8.60. The predicted molar refractivity (Wildman–Crippen MR) is 148 cm³/mol. The van der Waals surface area contributed by atoms with Crippen molar-refractivity contribution in [2.75, 3.05) is 0 Å². The Morgan fingerprint density at radius 2 is 1.06 bits per heavy atom. The van der Waals surface area contributed by atoms with Crippen LogP contribution in [-0.4, -0.2) is 12.1 Å². The molecule has 36 heavy (non-hydrogen) atoms. The summed E-state index contributed by atoms with van der Waals surface area (Å²) in [7, 11) is -0.335. The molecule has 6 heteroatoms. The summed E-state index contributed by atoms with van der Waals surface area (Å²) in [5.74, 6) is 1.74. The summed E-state index contributed by atoms with van der Waals surface area (Å²) in [4.78, 5) is 0. The zero-order valence-corrected chi connectivity index (χ0v) is 21.8. The molecule has 3 N–H and O–H groups in total. The van der Waals surface area contributed by atoms with E-state index in [1.807, 2.05) is 123 Å². The van der Waals surface area contributed by atoms with Crippen LogP contribution in [0.2, 0.25) is 0 Å². The molecule has 4 rings (SSSR count). The van der Waals surface area contributed by atoms with Crippen LogP contribution in [0.25, 0.3) is 0 Å².